The molecule has 1 amide bonds. The number of hydrogen-bond acceptors (Lipinski definition) is 4. The van der Waals surface area contributed by atoms with Crippen LogP contribution in [0.5, 0.6) is 5.75 Å². The summed E-state index contributed by atoms with van der Waals surface area (Å²) in [7, 11) is 0. The monoisotopic (exact) mass is 443 g/mol. The normalized spacial score (nSPS) is 10.1. The Balaban J connectivity index is 2.03. The minimum absolute atomic E-state index is 0.207. The van der Waals surface area contributed by atoms with E-state index in [1.54, 1.807) is 31.2 Å². The zero-order valence-corrected chi connectivity index (χ0v) is 15.0. The van der Waals surface area contributed by atoms with Gasteiger partial charge in [-0.05, 0) is 59.8 Å². The summed E-state index contributed by atoms with van der Waals surface area (Å²) < 4.78 is 23.7. The van der Waals surface area contributed by atoms with Gasteiger partial charge in [0.05, 0.1) is 12.2 Å². The second-order valence-corrected chi connectivity index (χ2v) is 5.86. The van der Waals surface area contributed by atoms with Crippen molar-refractivity contribution >= 4 is 40.2 Å². The average Bonchev–Trinajstić information content (AvgIpc) is 2.53. The van der Waals surface area contributed by atoms with Crippen molar-refractivity contribution in [2.24, 2.45) is 0 Å². The maximum absolute atomic E-state index is 13.1. The van der Waals surface area contributed by atoms with Crippen molar-refractivity contribution in [3.8, 4) is 5.75 Å². The Bertz CT molecular complexity index is 751. The van der Waals surface area contributed by atoms with Crippen LogP contribution in [0.15, 0.2) is 42.5 Å². The number of hydrogen-bond donors (Lipinski definition) is 1. The van der Waals surface area contributed by atoms with Gasteiger partial charge in [0.25, 0.3) is 5.91 Å². The van der Waals surface area contributed by atoms with Gasteiger partial charge in [0, 0.05) is 15.3 Å². The van der Waals surface area contributed by atoms with Crippen molar-refractivity contribution in [2.45, 2.75) is 6.92 Å². The van der Waals surface area contributed by atoms with Gasteiger partial charge in [0.1, 0.15) is 11.6 Å². The Labute approximate surface area is 152 Å². The number of carbonyl (C=O) groups excluding carboxylic acids is 2. The standard InChI is InChI=1S/C17H15FINO4/c1-2-23-16(21)10-24-13-5-3-4-12(9-13)20-17(22)14-7-6-11(18)8-15(14)19/h3-9H,2,10H2,1H3,(H,20,22). The number of rotatable bonds is 6. The highest BCUT2D eigenvalue weighted by atomic mass is 127. The van der Waals surface area contributed by atoms with E-state index in [0.29, 0.717) is 20.6 Å². The third-order valence-electron chi connectivity index (χ3n) is 2.93. The molecule has 0 unspecified atom stereocenters. The summed E-state index contributed by atoms with van der Waals surface area (Å²) in [4.78, 5) is 23.5. The SMILES string of the molecule is CCOC(=O)COc1cccc(NC(=O)c2ccc(F)cc2I)c1. The smallest absolute Gasteiger partial charge is 0.344 e. The van der Waals surface area contributed by atoms with Crippen LogP contribution in [0.1, 0.15) is 17.3 Å². The van der Waals surface area contributed by atoms with Crippen LogP contribution in [0, 0.1) is 9.39 Å². The van der Waals surface area contributed by atoms with E-state index in [2.05, 4.69) is 5.32 Å². The molecule has 7 heteroatoms. The van der Waals surface area contributed by atoms with Gasteiger partial charge in [-0.1, -0.05) is 6.07 Å². The second kappa shape index (κ2) is 8.62. The second-order valence-electron chi connectivity index (χ2n) is 4.70. The van der Waals surface area contributed by atoms with Crippen molar-refractivity contribution in [2.75, 3.05) is 18.5 Å². The van der Waals surface area contributed by atoms with E-state index in [1.165, 1.54) is 18.2 Å². The minimum atomic E-state index is -0.465. The lowest BCUT2D eigenvalue weighted by Crippen LogP contribution is -2.15. The Hall–Kier alpha value is -2.16. The van der Waals surface area contributed by atoms with Crippen LogP contribution in [0.3, 0.4) is 0 Å². The summed E-state index contributed by atoms with van der Waals surface area (Å²) in [6.45, 7) is 1.79. The number of benzene rings is 2. The first-order valence-corrected chi connectivity index (χ1v) is 8.22. The number of nitrogens with one attached hydrogen (secondary N) is 1. The number of anilines is 1. The molecule has 0 spiro atoms. The molecular formula is C17H15FINO4. The average molecular weight is 443 g/mol. The molecule has 5 nitrogen and oxygen atoms in total. The molecule has 0 aliphatic carbocycles. The predicted molar refractivity (Wildman–Crippen MR) is 95.6 cm³/mol. The van der Waals surface area contributed by atoms with Gasteiger partial charge < -0.3 is 14.8 Å². The molecule has 0 radical (unpaired) electrons. The molecule has 0 aliphatic heterocycles. The van der Waals surface area contributed by atoms with Crippen LogP contribution < -0.4 is 10.1 Å². The van der Waals surface area contributed by atoms with E-state index in [4.69, 9.17) is 9.47 Å². The van der Waals surface area contributed by atoms with E-state index in [0.717, 1.165) is 0 Å². The Kier molecular flexibility index (Phi) is 6.53. The molecule has 0 saturated heterocycles. The fourth-order valence-corrected chi connectivity index (χ4v) is 2.60. The first-order chi connectivity index (χ1) is 11.5. The van der Waals surface area contributed by atoms with Crippen molar-refractivity contribution in [1.82, 2.24) is 0 Å². The summed E-state index contributed by atoms with van der Waals surface area (Å²) >= 11 is 1.90. The first kappa shape index (κ1) is 18.2. The maximum atomic E-state index is 13.1. The molecule has 2 aromatic rings. The molecule has 0 bridgehead atoms. The minimum Gasteiger partial charge on any atom is -0.482 e. The van der Waals surface area contributed by atoms with Gasteiger partial charge in [-0.25, -0.2) is 9.18 Å². The number of ether oxygens (including phenoxy) is 2. The van der Waals surface area contributed by atoms with E-state index in [-0.39, 0.29) is 19.1 Å². The molecule has 0 aliphatic rings. The molecule has 0 fully saturated rings. The summed E-state index contributed by atoms with van der Waals surface area (Å²) in [5, 5.41) is 2.71. The summed E-state index contributed by atoms with van der Waals surface area (Å²) in [5.41, 5.74) is 0.872. The Morgan fingerprint density at radius 1 is 1.21 bits per heavy atom. The zero-order valence-electron chi connectivity index (χ0n) is 12.8. The van der Waals surface area contributed by atoms with E-state index in [1.807, 2.05) is 22.6 Å². The molecule has 0 heterocycles. The summed E-state index contributed by atoms with van der Waals surface area (Å²) in [6, 6.07) is 10.6. The fourth-order valence-electron chi connectivity index (χ4n) is 1.88. The lowest BCUT2D eigenvalue weighted by molar-refractivity contribution is -0.145. The highest BCUT2D eigenvalue weighted by Crippen LogP contribution is 2.20. The van der Waals surface area contributed by atoms with Crippen molar-refractivity contribution in [3.63, 3.8) is 0 Å². The van der Waals surface area contributed by atoms with Gasteiger partial charge in [0.15, 0.2) is 6.61 Å². The molecule has 24 heavy (non-hydrogen) atoms. The number of esters is 1. The van der Waals surface area contributed by atoms with Gasteiger partial charge in [-0.3, -0.25) is 4.79 Å². The molecule has 2 aromatic carbocycles. The lowest BCUT2D eigenvalue weighted by atomic mass is 10.2. The first-order valence-electron chi connectivity index (χ1n) is 7.14. The number of carbonyl (C=O) groups is 2. The van der Waals surface area contributed by atoms with Crippen molar-refractivity contribution in [3.05, 3.63) is 57.4 Å². The largest absolute Gasteiger partial charge is 0.482 e. The molecule has 0 saturated carbocycles. The van der Waals surface area contributed by atoms with Crippen LogP contribution in [0.2, 0.25) is 0 Å². The van der Waals surface area contributed by atoms with Crippen LogP contribution in [-0.2, 0) is 9.53 Å². The van der Waals surface area contributed by atoms with Gasteiger partial charge in [-0.2, -0.15) is 0 Å². The van der Waals surface area contributed by atoms with Crippen LogP contribution in [-0.4, -0.2) is 25.1 Å². The lowest BCUT2D eigenvalue weighted by Gasteiger charge is -2.10. The van der Waals surface area contributed by atoms with Crippen LogP contribution in [0.25, 0.3) is 0 Å². The fraction of sp³-hybridized carbons (Fsp3) is 0.176. The highest BCUT2D eigenvalue weighted by Gasteiger charge is 2.11. The molecule has 126 valence electrons. The third kappa shape index (κ3) is 5.19. The van der Waals surface area contributed by atoms with Crippen LogP contribution >= 0.6 is 22.6 Å². The van der Waals surface area contributed by atoms with Crippen LogP contribution in [0.4, 0.5) is 10.1 Å². The maximum Gasteiger partial charge on any atom is 0.344 e. The molecule has 2 rings (SSSR count). The van der Waals surface area contributed by atoms with E-state index >= 15 is 0 Å². The Morgan fingerprint density at radius 2 is 2.00 bits per heavy atom. The molecular weight excluding hydrogens is 428 g/mol. The highest BCUT2D eigenvalue weighted by molar-refractivity contribution is 14.1. The summed E-state index contributed by atoms with van der Waals surface area (Å²) in [6.07, 6.45) is 0. The Morgan fingerprint density at radius 3 is 2.71 bits per heavy atom. The topological polar surface area (TPSA) is 64.6 Å². The van der Waals surface area contributed by atoms with Crippen molar-refractivity contribution < 1.29 is 23.5 Å². The zero-order chi connectivity index (χ0) is 17.5. The quantitative estimate of drug-likeness (QED) is 0.548. The molecule has 1 N–H and O–H groups in total. The summed E-state index contributed by atoms with van der Waals surface area (Å²) in [5.74, 6) is -0.797. The van der Waals surface area contributed by atoms with Gasteiger partial charge in [0.2, 0.25) is 0 Å². The molecule has 0 atom stereocenters. The van der Waals surface area contributed by atoms with E-state index in [9.17, 15) is 14.0 Å². The van der Waals surface area contributed by atoms with Gasteiger partial charge in [-0.15, -0.1) is 0 Å². The number of halogens is 2. The predicted octanol–water partition coefficient (Wildman–Crippen LogP) is 3.62. The third-order valence-corrected chi connectivity index (χ3v) is 3.82. The number of amides is 1. The van der Waals surface area contributed by atoms with Gasteiger partial charge >= 0.3 is 5.97 Å². The van der Waals surface area contributed by atoms with Crippen molar-refractivity contribution in [1.29, 1.82) is 0 Å². The molecule has 0 aromatic heterocycles. The van der Waals surface area contributed by atoms with E-state index < -0.39 is 11.8 Å².